The second-order valence-electron chi connectivity index (χ2n) is 6.65. The predicted octanol–water partition coefficient (Wildman–Crippen LogP) is 3.63. The molecule has 0 unspecified atom stereocenters. The largest absolute Gasteiger partial charge is 0.353 e. The van der Waals surface area contributed by atoms with Gasteiger partial charge in [-0.25, -0.2) is 4.98 Å². The smallest absolute Gasteiger partial charge is 0.225 e. The second kappa shape index (κ2) is 7.20. The lowest BCUT2D eigenvalue weighted by molar-refractivity contribution is -0.136. The highest BCUT2D eigenvalue weighted by Gasteiger charge is 2.26. The molecule has 0 aliphatic carbocycles. The van der Waals surface area contributed by atoms with Crippen LogP contribution in [0.2, 0.25) is 0 Å². The SMILES string of the molecule is CCC(CC)C(=O)N1CCN(c2nc3ccccc3cc2C)CC1. The van der Waals surface area contributed by atoms with E-state index in [1.807, 2.05) is 17.0 Å². The first kappa shape index (κ1) is 16.7. The van der Waals surface area contributed by atoms with Crippen molar-refractivity contribution in [3.05, 3.63) is 35.9 Å². The molecule has 2 aromatic rings. The van der Waals surface area contributed by atoms with E-state index in [4.69, 9.17) is 4.98 Å². The number of fused-ring (bicyclic) bond motifs is 1. The van der Waals surface area contributed by atoms with Crippen LogP contribution in [0.5, 0.6) is 0 Å². The van der Waals surface area contributed by atoms with Crippen molar-refractivity contribution >= 4 is 22.6 Å². The molecule has 128 valence electrons. The average molecular weight is 325 g/mol. The van der Waals surface area contributed by atoms with E-state index in [1.54, 1.807) is 0 Å². The molecule has 24 heavy (non-hydrogen) atoms. The number of rotatable bonds is 4. The Morgan fingerprint density at radius 3 is 2.46 bits per heavy atom. The average Bonchev–Trinajstić information content (AvgIpc) is 2.62. The summed E-state index contributed by atoms with van der Waals surface area (Å²) in [5.74, 6) is 1.56. The molecule has 1 aliphatic heterocycles. The first-order chi connectivity index (χ1) is 11.6. The zero-order valence-electron chi connectivity index (χ0n) is 15.0. The van der Waals surface area contributed by atoms with Crippen molar-refractivity contribution in [1.82, 2.24) is 9.88 Å². The van der Waals surface area contributed by atoms with Gasteiger partial charge in [-0.05, 0) is 37.5 Å². The summed E-state index contributed by atoms with van der Waals surface area (Å²) < 4.78 is 0. The fourth-order valence-corrected chi connectivity index (χ4v) is 3.57. The van der Waals surface area contributed by atoms with E-state index in [0.717, 1.165) is 50.4 Å². The molecule has 0 saturated carbocycles. The van der Waals surface area contributed by atoms with Crippen molar-refractivity contribution in [1.29, 1.82) is 0 Å². The maximum absolute atomic E-state index is 12.5. The summed E-state index contributed by atoms with van der Waals surface area (Å²) in [7, 11) is 0. The van der Waals surface area contributed by atoms with Crippen LogP contribution in [0, 0.1) is 12.8 Å². The molecular formula is C20H27N3O. The third-order valence-corrected chi connectivity index (χ3v) is 5.11. The van der Waals surface area contributed by atoms with Gasteiger partial charge < -0.3 is 9.80 Å². The molecule has 4 heteroatoms. The molecule has 1 saturated heterocycles. The van der Waals surface area contributed by atoms with Gasteiger partial charge in [0.2, 0.25) is 5.91 Å². The Kier molecular flexibility index (Phi) is 5.03. The summed E-state index contributed by atoms with van der Waals surface area (Å²) in [4.78, 5) is 21.7. The van der Waals surface area contributed by atoms with Gasteiger partial charge in [-0.1, -0.05) is 32.0 Å². The Morgan fingerprint density at radius 2 is 1.79 bits per heavy atom. The van der Waals surface area contributed by atoms with E-state index in [2.05, 4.69) is 43.9 Å². The molecule has 4 nitrogen and oxygen atoms in total. The minimum absolute atomic E-state index is 0.178. The number of carbonyl (C=O) groups excluding carboxylic acids is 1. The van der Waals surface area contributed by atoms with Crippen molar-refractivity contribution in [2.45, 2.75) is 33.6 Å². The first-order valence-corrected chi connectivity index (χ1v) is 9.04. The standard InChI is InChI=1S/C20H27N3O/c1-4-16(5-2)20(24)23-12-10-22(11-13-23)19-15(3)14-17-8-6-7-9-18(17)21-19/h6-9,14,16H,4-5,10-13H2,1-3H3. The van der Waals surface area contributed by atoms with E-state index < -0.39 is 0 Å². The van der Waals surface area contributed by atoms with E-state index in [0.29, 0.717) is 5.91 Å². The lowest BCUT2D eigenvalue weighted by Crippen LogP contribution is -2.50. The van der Waals surface area contributed by atoms with Gasteiger partial charge in [0.25, 0.3) is 0 Å². The molecule has 0 bridgehead atoms. The van der Waals surface area contributed by atoms with Crippen molar-refractivity contribution in [2.75, 3.05) is 31.1 Å². The normalized spacial score (nSPS) is 15.3. The maximum Gasteiger partial charge on any atom is 0.225 e. The number of aromatic nitrogens is 1. The Hall–Kier alpha value is -2.10. The molecular weight excluding hydrogens is 298 g/mol. The first-order valence-electron chi connectivity index (χ1n) is 9.04. The molecule has 3 rings (SSSR count). The maximum atomic E-state index is 12.5. The Bertz CT molecular complexity index is 716. The summed E-state index contributed by atoms with van der Waals surface area (Å²) in [5, 5.41) is 1.18. The van der Waals surface area contributed by atoms with Gasteiger partial charge in [0.15, 0.2) is 0 Å². The number of amides is 1. The lowest BCUT2D eigenvalue weighted by Gasteiger charge is -2.37. The van der Waals surface area contributed by atoms with Crippen LogP contribution in [0.4, 0.5) is 5.82 Å². The molecule has 1 aliphatic rings. The number of carbonyl (C=O) groups is 1. The van der Waals surface area contributed by atoms with Gasteiger partial charge in [-0.3, -0.25) is 4.79 Å². The predicted molar refractivity (Wildman–Crippen MR) is 99.3 cm³/mol. The molecule has 2 heterocycles. The number of piperazine rings is 1. The molecule has 0 spiro atoms. The fourth-order valence-electron chi connectivity index (χ4n) is 3.57. The van der Waals surface area contributed by atoms with Crippen LogP contribution in [-0.4, -0.2) is 42.0 Å². The van der Waals surface area contributed by atoms with Gasteiger partial charge in [0, 0.05) is 37.5 Å². The van der Waals surface area contributed by atoms with Crippen LogP contribution in [0.25, 0.3) is 10.9 Å². The monoisotopic (exact) mass is 325 g/mol. The summed E-state index contributed by atoms with van der Waals surface area (Å²) in [5.41, 5.74) is 2.24. The van der Waals surface area contributed by atoms with E-state index in [9.17, 15) is 4.79 Å². The van der Waals surface area contributed by atoms with E-state index in [1.165, 1.54) is 10.9 Å². The number of pyridine rings is 1. The molecule has 1 amide bonds. The minimum Gasteiger partial charge on any atom is -0.353 e. The Morgan fingerprint density at radius 1 is 1.12 bits per heavy atom. The van der Waals surface area contributed by atoms with E-state index in [-0.39, 0.29) is 5.92 Å². The summed E-state index contributed by atoms with van der Waals surface area (Å²) in [6, 6.07) is 10.4. The second-order valence-corrected chi connectivity index (χ2v) is 6.65. The van der Waals surface area contributed by atoms with Gasteiger partial charge >= 0.3 is 0 Å². The highest BCUT2D eigenvalue weighted by atomic mass is 16.2. The van der Waals surface area contributed by atoms with Crippen LogP contribution in [0.15, 0.2) is 30.3 Å². The number of nitrogens with zero attached hydrogens (tertiary/aromatic N) is 3. The fraction of sp³-hybridized carbons (Fsp3) is 0.500. The Labute approximate surface area is 144 Å². The number of anilines is 1. The number of benzene rings is 1. The van der Waals surface area contributed by atoms with Crippen LogP contribution in [0.3, 0.4) is 0 Å². The number of hydrogen-bond acceptors (Lipinski definition) is 3. The van der Waals surface area contributed by atoms with E-state index >= 15 is 0 Å². The van der Waals surface area contributed by atoms with Crippen molar-refractivity contribution in [3.63, 3.8) is 0 Å². The lowest BCUT2D eigenvalue weighted by atomic mass is 10.0. The zero-order chi connectivity index (χ0) is 17.1. The Balaban J connectivity index is 1.73. The quantitative estimate of drug-likeness (QED) is 0.861. The molecule has 0 atom stereocenters. The van der Waals surface area contributed by atoms with Crippen LogP contribution < -0.4 is 4.90 Å². The van der Waals surface area contributed by atoms with Gasteiger partial charge in [-0.2, -0.15) is 0 Å². The van der Waals surface area contributed by atoms with Gasteiger partial charge in [0.1, 0.15) is 5.82 Å². The van der Waals surface area contributed by atoms with Crippen molar-refractivity contribution < 1.29 is 4.79 Å². The van der Waals surface area contributed by atoms with Crippen molar-refractivity contribution in [3.8, 4) is 0 Å². The van der Waals surface area contributed by atoms with Crippen LogP contribution in [0.1, 0.15) is 32.3 Å². The van der Waals surface area contributed by atoms with Crippen molar-refractivity contribution in [2.24, 2.45) is 5.92 Å². The third kappa shape index (κ3) is 3.23. The highest BCUT2D eigenvalue weighted by molar-refractivity contribution is 5.82. The number of hydrogen-bond donors (Lipinski definition) is 0. The minimum atomic E-state index is 0.178. The van der Waals surface area contributed by atoms with Crippen LogP contribution >= 0.6 is 0 Å². The topological polar surface area (TPSA) is 36.4 Å². The highest BCUT2D eigenvalue weighted by Crippen LogP contribution is 2.24. The molecule has 0 N–H and O–H groups in total. The van der Waals surface area contributed by atoms with Gasteiger partial charge in [0.05, 0.1) is 5.52 Å². The number of aryl methyl sites for hydroxylation is 1. The molecule has 1 aromatic carbocycles. The molecule has 1 fully saturated rings. The summed E-state index contributed by atoms with van der Waals surface area (Å²) in [6.07, 6.45) is 1.86. The summed E-state index contributed by atoms with van der Waals surface area (Å²) in [6.45, 7) is 9.63. The summed E-state index contributed by atoms with van der Waals surface area (Å²) >= 11 is 0. The zero-order valence-corrected chi connectivity index (χ0v) is 15.0. The number of para-hydroxylation sites is 1. The third-order valence-electron chi connectivity index (χ3n) is 5.11. The van der Waals surface area contributed by atoms with Crippen LogP contribution in [-0.2, 0) is 4.79 Å². The molecule has 1 aromatic heterocycles. The molecule has 0 radical (unpaired) electrons. The van der Waals surface area contributed by atoms with Gasteiger partial charge in [-0.15, -0.1) is 0 Å².